The van der Waals surface area contributed by atoms with Crippen LogP contribution in [0.3, 0.4) is 0 Å². The zero-order chi connectivity index (χ0) is 9.45. The monoisotopic (exact) mass is 174 g/mol. The molecule has 0 rings (SSSR count). The summed E-state index contributed by atoms with van der Waals surface area (Å²) in [6.45, 7) is 9.42. The maximum absolute atomic E-state index is 8.47. The van der Waals surface area contributed by atoms with Crippen molar-refractivity contribution in [3.8, 4) is 0 Å². The second-order valence-electron chi connectivity index (χ2n) is 4.00. The van der Waals surface area contributed by atoms with Crippen molar-refractivity contribution in [2.45, 2.75) is 32.7 Å². The highest BCUT2D eigenvalue weighted by atomic mass is 16.3. The molecule has 0 aliphatic rings. The Kier molecular flexibility index (Phi) is 6.34. The molecule has 0 aromatic rings. The van der Waals surface area contributed by atoms with E-state index in [0.29, 0.717) is 6.54 Å². The topological polar surface area (TPSA) is 44.3 Å². The van der Waals surface area contributed by atoms with Gasteiger partial charge in [0.15, 0.2) is 0 Å². The van der Waals surface area contributed by atoms with Crippen LogP contribution in [-0.2, 0) is 0 Å². The molecule has 0 radical (unpaired) electrons. The molecular weight excluding hydrogens is 152 g/mol. The van der Waals surface area contributed by atoms with Gasteiger partial charge in [-0.3, -0.25) is 0 Å². The van der Waals surface area contributed by atoms with Crippen molar-refractivity contribution in [3.05, 3.63) is 0 Å². The summed E-state index contributed by atoms with van der Waals surface area (Å²) in [6.07, 6.45) is 1.11. The minimum atomic E-state index is 0.219. The maximum atomic E-state index is 8.47. The van der Waals surface area contributed by atoms with Crippen LogP contribution in [0.1, 0.15) is 27.2 Å². The highest BCUT2D eigenvalue weighted by Crippen LogP contribution is 1.97. The molecule has 0 spiro atoms. The van der Waals surface area contributed by atoms with Gasteiger partial charge in [0.1, 0.15) is 0 Å². The van der Waals surface area contributed by atoms with Crippen molar-refractivity contribution in [3.63, 3.8) is 0 Å². The van der Waals surface area contributed by atoms with Crippen molar-refractivity contribution < 1.29 is 5.11 Å². The van der Waals surface area contributed by atoms with Crippen molar-refractivity contribution in [2.75, 3.05) is 26.2 Å². The zero-order valence-corrected chi connectivity index (χ0v) is 8.48. The third kappa shape index (κ3) is 9.88. The zero-order valence-electron chi connectivity index (χ0n) is 8.48. The van der Waals surface area contributed by atoms with E-state index in [1.54, 1.807) is 0 Å². The molecule has 12 heavy (non-hydrogen) atoms. The van der Waals surface area contributed by atoms with E-state index < -0.39 is 0 Å². The lowest BCUT2D eigenvalue weighted by atomic mass is 10.1. The first-order valence-corrected chi connectivity index (χ1v) is 4.63. The fourth-order valence-corrected chi connectivity index (χ4v) is 0.881. The Bertz CT molecular complexity index is 99.2. The van der Waals surface area contributed by atoms with Crippen LogP contribution in [0.25, 0.3) is 0 Å². The molecule has 0 aliphatic heterocycles. The summed E-state index contributed by atoms with van der Waals surface area (Å²) in [5.41, 5.74) is 0.219. The molecule has 0 unspecified atom stereocenters. The third-order valence-corrected chi connectivity index (χ3v) is 1.47. The second-order valence-corrected chi connectivity index (χ2v) is 4.00. The van der Waals surface area contributed by atoms with Crippen LogP contribution in [-0.4, -0.2) is 36.9 Å². The molecule has 3 heteroatoms. The highest BCUT2D eigenvalue weighted by Gasteiger charge is 2.06. The smallest absolute Gasteiger partial charge is 0.0555 e. The quantitative estimate of drug-likeness (QED) is 0.509. The summed E-state index contributed by atoms with van der Waals surface area (Å²) in [5.74, 6) is 0. The molecule has 0 saturated heterocycles. The van der Waals surface area contributed by atoms with Crippen LogP contribution in [0.2, 0.25) is 0 Å². The van der Waals surface area contributed by atoms with Gasteiger partial charge < -0.3 is 15.7 Å². The van der Waals surface area contributed by atoms with Crippen LogP contribution in [0.5, 0.6) is 0 Å². The molecule has 74 valence electrons. The first-order chi connectivity index (χ1) is 5.56. The molecule has 0 fully saturated rings. The summed E-state index contributed by atoms with van der Waals surface area (Å²) in [4.78, 5) is 0. The summed E-state index contributed by atoms with van der Waals surface area (Å²) in [6, 6.07) is 0. The average Bonchev–Trinajstić information content (AvgIpc) is 1.94. The van der Waals surface area contributed by atoms with Gasteiger partial charge in [0.25, 0.3) is 0 Å². The molecule has 0 amide bonds. The molecule has 3 nitrogen and oxygen atoms in total. The van der Waals surface area contributed by atoms with Crippen molar-refractivity contribution in [1.82, 2.24) is 10.6 Å². The second kappa shape index (κ2) is 6.40. The van der Waals surface area contributed by atoms with Gasteiger partial charge in [-0.1, -0.05) is 0 Å². The maximum Gasteiger partial charge on any atom is 0.0555 e. The first-order valence-electron chi connectivity index (χ1n) is 4.63. The van der Waals surface area contributed by atoms with Gasteiger partial charge >= 0.3 is 0 Å². The van der Waals surface area contributed by atoms with Crippen LogP contribution in [0.15, 0.2) is 0 Å². The average molecular weight is 174 g/mol. The normalized spacial score (nSPS) is 12.0. The molecule has 0 bridgehead atoms. The van der Waals surface area contributed by atoms with Gasteiger partial charge in [0.2, 0.25) is 0 Å². The van der Waals surface area contributed by atoms with E-state index in [1.807, 2.05) is 0 Å². The molecule has 0 heterocycles. The fraction of sp³-hybridized carbons (Fsp3) is 1.00. The minimum absolute atomic E-state index is 0.219. The van der Waals surface area contributed by atoms with Gasteiger partial charge in [-0.15, -0.1) is 0 Å². The van der Waals surface area contributed by atoms with Crippen LogP contribution in [0.4, 0.5) is 0 Å². The Balaban J connectivity index is 3.01. The summed E-state index contributed by atoms with van der Waals surface area (Å²) >= 11 is 0. The third-order valence-electron chi connectivity index (χ3n) is 1.47. The lowest BCUT2D eigenvalue weighted by Gasteiger charge is -2.20. The lowest BCUT2D eigenvalue weighted by molar-refractivity contribution is 0.291. The molecule has 0 atom stereocenters. The number of hydrogen-bond acceptors (Lipinski definition) is 3. The van der Waals surface area contributed by atoms with Crippen LogP contribution >= 0.6 is 0 Å². The van der Waals surface area contributed by atoms with Gasteiger partial charge in [-0.2, -0.15) is 0 Å². The van der Waals surface area contributed by atoms with E-state index in [4.69, 9.17) is 5.11 Å². The summed E-state index contributed by atoms with van der Waals surface area (Å²) in [5, 5.41) is 15.0. The Hall–Kier alpha value is -0.120. The van der Waals surface area contributed by atoms with Crippen LogP contribution < -0.4 is 10.6 Å². The summed E-state index contributed by atoms with van der Waals surface area (Å²) in [7, 11) is 0. The Morgan fingerprint density at radius 3 is 2.25 bits per heavy atom. The van der Waals surface area contributed by atoms with Gasteiger partial charge in [0, 0.05) is 12.1 Å². The molecule has 0 aliphatic carbocycles. The van der Waals surface area contributed by atoms with Crippen molar-refractivity contribution in [2.24, 2.45) is 0 Å². The van der Waals surface area contributed by atoms with E-state index in [0.717, 1.165) is 19.5 Å². The van der Waals surface area contributed by atoms with E-state index in [9.17, 15) is 0 Å². The van der Waals surface area contributed by atoms with Gasteiger partial charge in [-0.05, 0) is 40.3 Å². The number of aliphatic hydroxyl groups excluding tert-OH is 1. The van der Waals surface area contributed by atoms with E-state index in [-0.39, 0.29) is 12.1 Å². The predicted octanol–water partition coefficient (Wildman–Crippen LogP) is 0.346. The van der Waals surface area contributed by atoms with Crippen LogP contribution in [0, 0.1) is 0 Å². The number of nitrogens with one attached hydrogen (secondary N) is 2. The summed E-state index contributed by atoms with van der Waals surface area (Å²) < 4.78 is 0. The fourth-order valence-electron chi connectivity index (χ4n) is 0.881. The largest absolute Gasteiger partial charge is 0.395 e. The molecule has 0 aromatic carbocycles. The highest BCUT2D eigenvalue weighted by molar-refractivity contribution is 4.69. The predicted molar refractivity (Wildman–Crippen MR) is 52.3 cm³/mol. The molecule has 0 aromatic heterocycles. The van der Waals surface area contributed by atoms with E-state index >= 15 is 0 Å². The van der Waals surface area contributed by atoms with E-state index in [1.165, 1.54) is 0 Å². The van der Waals surface area contributed by atoms with Crippen molar-refractivity contribution in [1.29, 1.82) is 0 Å². The van der Waals surface area contributed by atoms with E-state index in [2.05, 4.69) is 31.4 Å². The first kappa shape index (κ1) is 11.9. The van der Waals surface area contributed by atoms with Gasteiger partial charge in [0.05, 0.1) is 6.61 Å². The van der Waals surface area contributed by atoms with Crippen molar-refractivity contribution >= 4 is 0 Å². The van der Waals surface area contributed by atoms with Gasteiger partial charge in [-0.25, -0.2) is 0 Å². The SMILES string of the molecule is CC(C)(C)NCCCNCCO. The Morgan fingerprint density at radius 2 is 1.75 bits per heavy atom. The number of rotatable bonds is 6. The Morgan fingerprint density at radius 1 is 1.08 bits per heavy atom. The molecular formula is C9H22N2O. The Labute approximate surface area is 75.6 Å². The number of aliphatic hydroxyl groups is 1. The molecule has 0 saturated carbocycles. The molecule has 3 N–H and O–H groups in total. The minimum Gasteiger partial charge on any atom is -0.395 e. The standard InChI is InChI=1S/C9H22N2O/c1-9(2,3)11-6-4-5-10-7-8-12/h10-12H,4-8H2,1-3H3. The lowest BCUT2D eigenvalue weighted by Crippen LogP contribution is -2.37. The number of hydrogen-bond donors (Lipinski definition) is 3.